The number of nitrogens with one attached hydrogen (secondary N) is 2. The zero-order valence-electron chi connectivity index (χ0n) is 16.9. The number of hydrogen-bond donors (Lipinski definition) is 3. The Labute approximate surface area is 173 Å². The minimum atomic E-state index is -0.965. The molecule has 2 aromatic carbocycles. The Bertz CT molecular complexity index is 1020. The fourth-order valence-corrected chi connectivity index (χ4v) is 2.66. The molecule has 0 unspecified atom stereocenters. The molecule has 8 heteroatoms. The predicted molar refractivity (Wildman–Crippen MR) is 113 cm³/mol. The summed E-state index contributed by atoms with van der Waals surface area (Å²) in [6.45, 7) is 3.24. The molecule has 3 N–H and O–H groups in total. The van der Waals surface area contributed by atoms with Gasteiger partial charge >= 0.3 is 12.0 Å². The Kier molecular flexibility index (Phi) is 6.06. The van der Waals surface area contributed by atoms with Crippen molar-refractivity contribution in [2.24, 2.45) is 5.41 Å². The van der Waals surface area contributed by atoms with Crippen molar-refractivity contribution < 1.29 is 23.8 Å². The average Bonchev–Trinajstić information content (AvgIpc) is 3.16. The molecule has 0 saturated heterocycles. The van der Waals surface area contributed by atoms with E-state index in [0.717, 1.165) is 5.56 Å². The van der Waals surface area contributed by atoms with Crippen LogP contribution in [-0.2, 0) is 11.2 Å². The summed E-state index contributed by atoms with van der Waals surface area (Å²) in [4.78, 5) is 27.6. The molecule has 0 aliphatic rings. The van der Waals surface area contributed by atoms with Crippen LogP contribution in [0.25, 0.3) is 11.3 Å². The van der Waals surface area contributed by atoms with Gasteiger partial charge in [0.1, 0.15) is 5.75 Å². The molecular weight excluding hydrogens is 386 g/mol. The number of carbonyl (C=O) groups excluding carboxylic acids is 1. The van der Waals surface area contributed by atoms with Crippen LogP contribution < -0.4 is 15.4 Å². The molecule has 8 nitrogen and oxygen atoms in total. The van der Waals surface area contributed by atoms with Crippen molar-refractivity contribution in [2.45, 2.75) is 20.3 Å². The van der Waals surface area contributed by atoms with Crippen LogP contribution in [0.1, 0.15) is 19.7 Å². The lowest BCUT2D eigenvalue weighted by Crippen LogP contribution is -2.26. The van der Waals surface area contributed by atoms with E-state index in [1.807, 2.05) is 0 Å². The number of anilines is 2. The molecule has 3 rings (SSSR count). The molecule has 3 aromatic rings. The van der Waals surface area contributed by atoms with Gasteiger partial charge in [0.2, 0.25) is 0 Å². The van der Waals surface area contributed by atoms with E-state index in [4.69, 9.17) is 9.15 Å². The number of carbonyl (C=O) groups is 2. The molecule has 1 aromatic heterocycles. The number of ether oxygens (including phenoxy) is 1. The lowest BCUT2D eigenvalue weighted by Gasteiger charge is -2.16. The van der Waals surface area contributed by atoms with E-state index >= 15 is 0 Å². The number of benzene rings is 2. The third kappa shape index (κ3) is 5.16. The molecule has 0 aliphatic heterocycles. The number of carboxylic acid groups (broad SMARTS) is 1. The first-order chi connectivity index (χ1) is 14.3. The van der Waals surface area contributed by atoms with Gasteiger partial charge in [0.05, 0.1) is 18.7 Å². The Hall–Kier alpha value is -3.81. The summed E-state index contributed by atoms with van der Waals surface area (Å²) in [5.74, 6) is 0.683. The van der Waals surface area contributed by atoms with Crippen LogP contribution in [0.3, 0.4) is 0 Å². The van der Waals surface area contributed by atoms with E-state index in [1.165, 1.54) is 0 Å². The molecule has 0 saturated carbocycles. The highest BCUT2D eigenvalue weighted by Gasteiger charge is 2.29. The number of nitrogens with zero attached hydrogens (tertiary/aromatic N) is 1. The topological polar surface area (TPSA) is 114 Å². The zero-order chi connectivity index (χ0) is 21.7. The first-order valence-electron chi connectivity index (χ1n) is 9.27. The molecule has 30 heavy (non-hydrogen) atoms. The molecule has 0 spiro atoms. The normalized spacial score (nSPS) is 11.0. The van der Waals surface area contributed by atoms with Gasteiger partial charge in [0.15, 0.2) is 11.7 Å². The number of methoxy groups -OCH3 is 1. The fraction of sp³-hybridized carbons (Fsp3) is 0.227. The number of aliphatic carboxylic acids is 1. The smallest absolute Gasteiger partial charge is 0.323 e. The van der Waals surface area contributed by atoms with E-state index in [2.05, 4.69) is 15.6 Å². The molecule has 2 amide bonds. The molecule has 156 valence electrons. The Balaban J connectivity index is 1.60. The molecular formula is C22H23N3O5. The maximum Gasteiger partial charge on any atom is 0.323 e. The third-order valence-corrected chi connectivity index (χ3v) is 4.50. The van der Waals surface area contributed by atoms with Gasteiger partial charge in [-0.3, -0.25) is 4.79 Å². The van der Waals surface area contributed by atoms with Gasteiger partial charge in [-0.05, 0) is 62.4 Å². The van der Waals surface area contributed by atoms with Crippen LogP contribution in [0, 0.1) is 5.41 Å². The zero-order valence-corrected chi connectivity index (χ0v) is 16.9. The van der Waals surface area contributed by atoms with Crippen LogP contribution in [0.4, 0.5) is 16.2 Å². The summed E-state index contributed by atoms with van der Waals surface area (Å²) in [5.41, 5.74) is 1.05. The largest absolute Gasteiger partial charge is 0.497 e. The highest BCUT2D eigenvalue weighted by Crippen LogP contribution is 2.26. The number of hydrogen-bond acceptors (Lipinski definition) is 5. The van der Waals surface area contributed by atoms with Crippen molar-refractivity contribution in [3.63, 3.8) is 0 Å². The number of urea groups is 1. The van der Waals surface area contributed by atoms with E-state index in [9.17, 15) is 14.7 Å². The Morgan fingerprint density at radius 3 is 2.13 bits per heavy atom. The number of amides is 2. The van der Waals surface area contributed by atoms with E-state index in [-0.39, 0.29) is 12.5 Å². The van der Waals surface area contributed by atoms with Crippen molar-refractivity contribution in [3.05, 3.63) is 60.6 Å². The van der Waals surface area contributed by atoms with Crippen LogP contribution in [-0.4, -0.2) is 29.2 Å². The summed E-state index contributed by atoms with van der Waals surface area (Å²) in [6.07, 6.45) is 1.75. The molecule has 0 fully saturated rings. The number of aromatic nitrogens is 1. The van der Waals surface area contributed by atoms with Crippen LogP contribution in [0.2, 0.25) is 0 Å². The van der Waals surface area contributed by atoms with Crippen LogP contribution in [0.5, 0.6) is 5.75 Å². The summed E-state index contributed by atoms with van der Waals surface area (Å²) in [6, 6.07) is 13.7. The van der Waals surface area contributed by atoms with Crippen molar-refractivity contribution in [2.75, 3.05) is 17.7 Å². The van der Waals surface area contributed by atoms with E-state index in [0.29, 0.717) is 28.8 Å². The maximum absolute atomic E-state index is 12.2. The van der Waals surface area contributed by atoms with E-state index < -0.39 is 11.4 Å². The van der Waals surface area contributed by atoms with Gasteiger partial charge in [-0.2, -0.15) is 0 Å². The predicted octanol–water partition coefficient (Wildman–Crippen LogP) is 4.65. The van der Waals surface area contributed by atoms with Gasteiger partial charge in [0, 0.05) is 23.4 Å². The molecule has 1 heterocycles. The first-order valence-corrected chi connectivity index (χ1v) is 9.27. The minimum absolute atomic E-state index is 0.188. The Morgan fingerprint density at radius 1 is 1.03 bits per heavy atom. The molecule has 0 radical (unpaired) electrons. The van der Waals surface area contributed by atoms with Crippen LogP contribution >= 0.6 is 0 Å². The highest BCUT2D eigenvalue weighted by molar-refractivity contribution is 5.99. The molecule has 0 atom stereocenters. The summed E-state index contributed by atoms with van der Waals surface area (Å²) >= 11 is 0. The van der Waals surface area contributed by atoms with Gasteiger partial charge < -0.3 is 24.9 Å². The second-order valence-electron chi connectivity index (χ2n) is 7.37. The van der Waals surface area contributed by atoms with Gasteiger partial charge in [-0.25, -0.2) is 9.78 Å². The Morgan fingerprint density at radius 2 is 1.60 bits per heavy atom. The van der Waals surface area contributed by atoms with Gasteiger partial charge in [-0.15, -0.1) is 0 Å². The molecule has 0 aliphatic carbocycles. The summed E-state index contributed by atoms with van der Waals surface area (Å²) in [7, 11) is 1.58. The van der Waals surface area contributed by atoms with Crippen molar-refractivity contribution in [1.29, 1.82) is 0 Å². The standard InChI is InChI=1S/C22H23N3O5/c1-22(2,20(26)27)12-19-23-13-18(30-19)14-4-6-15(7-5-14)24-21(28)25-16-8-10-17(29-3)11-9-16/h4-11,13H,12H2,1-3H3,(H,26,27)(H2,24,25,28). The highest BCUT2D eigenvalue weighted by atomic mass is 16.5. The number of oxazole rings is 1. The monoisotopic (exact) mass is 409 g/mol. The van der Waals surface area contributed by atoms with Crippen molar-refractivity contribution >= 4 is 23.4 Å². The van der Waals surface area contributed by atoms with E-state index in [1.54, 1.807) is 75.7 Å². The second-order valence-corrected chi connectivity index (χ2v) is 7.37. The van der Waals surface area contributed by atoms with Crippen molar-refractivity contribution in [1.82, 2.24) is 4.98 Å². The van der Waals surface area contributed by atoms with Crippen LogP contribution in [0.15, 0.2) is 59.1 Å². The average molecular weight is 409 g/mol. The van der Waals surface area contributed by atoms with Crippen molar-refractivity contribution in [3.8, 4) is 17.1 Å². The molecule has 0 bridgehead atoms. The minimum Gasteiger partial charge on any atom is -0.497 e. The first kappa shape index (κ1) is 20.9. The maximum atomic E-state index is 12.2. The lowest BCUT2D eigenvalue weighted by molar-refractivity contribution is -0.147. The van der Waals surface area contributed by atoms with Gasteiger partial charge in [0.25, 0.3) is 0 Å². The van der Waals surface area contributed by atoms with Gasteiger partial charge in [-0.1, -0.05) is 0 Å². The SMILES string of the molecule is COc1ccc(NC(=O)Nc2ccc(-c3cnc(CC(C)(C)C(=O)O)o3)cc2)cc1. The quantitative estimate of drug-likeness (QED) is 0.523. The summed E-state index contributed by atoms with van der Waals surface area (Å²) < 4.78 is 10.8. The lowest BCUT2D eigenvalue weighted by atomic mass is 9.90. The number of carboxylic acids is 1. The fourth-order valence-electron chi connectivity index (χ4n) is 2.66. The summed E-state index contributed by atoms with van der Waals surface area (Å²) in [5, 5.41) is 14.7. The number of rotatable bonds is 7. The third-order valence-electron chi connectivity index (χ3n) is 4.50. The second kappa shape index (κ2) is 8.69.